The maximum Gasteiger partial charge on any atom is 0.303 e. The second-order valence-electron chi connectivity index (χ2n) is 5.62. The van der Waals surface area contributed by atoms with E-state index in [1.165, 1.54) is 6.92 Å². The number of carbonyl (C=O) groups is 4. The number of carbonyl (C=O) groups excluding carboxylic acids is 4. The van der Waals surface area contributed by atoms with E-state index in [1.54, 1.807) is 22.6 Å². The molecule has 13 heteroatoms. The predicted molar refractivity (Wildman–Crippen MR) is 130 cm³/mol. The molecule has 0 radical (unpaired) electrons. The van der Waals surface area contributed by atoms with Crippen LogP contribution in [0.1, 0.15) is 34.6 Å². The normalized spacial score (nSPS) is 11.8. The van der Waals surface area contributed by atoms with Crippen molar-refractivity contribution in [1.82, 2.24) is 5.32 Å². The Morgan fingerprint density at radius 1 is 1.03 bits per heavy atom. The summed E-state index contributed by atoms with van der Waals surface area (Å²) in [7, 11) is 0. The fourth-order valence-corrected chi connectivity index (χ4v) is 7.00. The Morgan fingerprint density at radius 2 is 1.55 bits per heavy atom. The molecule has 0 aliphatic heterocycles. The van der Waals surface area contributed by atoms with E-state index in [9.17, 15) is 29.4 Å². The molecule has 9 nitrogen and oxygen atoms in total. The van der Waals surface area contributed by atoms with Crippen LogP contribution in [0.5, 0.6) is 0 Å². The van der Waals surface area contributed by atoms with Gasteiger partial charge in [0.05, 0.1) is 43.2 Å². The van der Waals surface area contributed by atoms with Crippen molar-refractivity contribution in [1.29, 1.82) is 0 Å². The predicted octanol–water partition coefficient (Wildman–Crippen LogP) is 1.85. The van der Waals surface area contributed by atoms with Gasteiger partial charge in [0.25, 0.3) is 17.1 Å². The van der Waals surface area contributed by atoms with Crippen molar-refractivity contribution >= 4 is 108 Å². The first-order valence-electron chi connectivity index (χ1n) is 7.87. The van der Waals surface area contributed by atoms with E-state index in [0.717, 1.165) is 6.92 Å². The lowest BCUT2D eigenvalue weighted by Gasteiger charge is -2.21. The zero-order valence-electron chi connectivity index (χ0n) is 15.0. The summed E-state index contributed by atoms with van der Waals surface area (Å²) in [6, 6.07) is -0.912. The van der Waals surface area contributed by atoms with Gasteiger partial charge in [0.1, 0.15) is 0 Å². The monoisotopic (exact) mass is 764 g/mol. The largest absolute Gasteiger partial charge is 0.453 e. The minimum Gasteiger partial charge on any atom is -0.453 e. The van der Waals surface area contributed by atoms with Gasteiger partial charge < -0.3 is 25.6 Å². The highest BCUT2D eigenvalue weighted by Crippen LogP contribution is 2.36. The molecular weight excluding hydrogens is 748 g/mol. The van der Waals surface area contributed by atoms with Gasteiger partial charge in [-0.25, -0.2) is 0 Å². The van der Waals surface area contributed by atoms with Gasteiger partial charge in [-0.05, 0) is 86.3 Å². The summed E-state index contributed by atoms with van der Waals surface area (Å²) >= 11 is 11.1. The number of esters is 1. The summed E-state index contributed by atoms with van der Waals surface area (Å²) in [6.07, 6.45) is -1.11. The Labute approximate surface area is 212 Å². The Kier molecular flexibility index (Phi) is 11.0. The number of amides is 2. The van der Waals surface area contributed by atoms with Crippen molar-refractivity contribution in [3.63, 3.8) is 0 Å². The lowest BCUT2D eigenvalue weighted by atomic mass is 10.1. The second kappa shape index (κ2) is 11.9. The highest BCUT2D eigenvalue weighted by Gasteiger charge is 2.29. The summed E-state index contributed by atoms with van der Waals surface area (Å²) in [5.41, 5.74) is 0.200. The zero-order valence-corrected chi connectivity index (χ0v) is 22.2. The van der Waals surface area contributed by atoms with Crippen LogP contribution >= 0.6 is 79.4 Å². The van der Waals surface area contributed by atoms with Gasteiger partial charge in [-0.2, -0.15) is 0 Å². The molecule has 0 fully saturated rings. The molecule has 0 saturated carbocycles. The summed E-state index contributed by atoms with van der Waals surface area (Å²) in [6.45, 7) is 1.54. The van der Waals surface area contributed by atoms with Gasteiger partial charge in [0, 0.05) is 10.5 Å². The van der Waals surface area contributed by atoms with Crippen LogP contribution in [0.2, 0.25) is 0 Å². The van der Waals surface area contributed by atoms with E-state index in [-0.39, 0.29) is 20.4 Å². The molecule has 1 rings (SSSR count). The molecule has 0 aliphatic rings. The number of aliphatic hydroxyl groups excluding tert-OH is 2. The molecule has 2 amide bonds. The van der Waals surface area contributed by atoms with Gasteiger partial charge in [0.15, 0.2) is 6.10 Å². The van der Waals surface area contributed by atoms with E-state index in [0.29, 0.717) is 7.14 Å². The SMILES string of the molecule is CC(=O)OC(C)C(=O)Nc1c(I)c(C(=O)Cl)c(I)c(C(=O)NC(CO)CO)c1I. The average molecular weight is 764 g/mol. The summed E-state index contributed by atoms with van der Waals surface area (Å²) in [4.78, 5) is 48.2. The smallest absolute Gasteiger partial charge is 0.303 e. The Morgan fingerprint density at radius 3 is 2.00 bits per heavy atom. The van der Waals surface area contributed by atoms with Crippen molar-refractivity contribution in [2.24, 2.45) is 0 Å². The average Bonchev–Trinajstić information content (AvgIpc) is 2.61. The van der Waals surface area contributed by atoms with Crippen LogP contribution in [-0.4, -0.2) is 58.6 Å². The standard InChI is InChI=1S/C16H16ClI3N2O7/c1-5(29-6(2)25)15(27)22-13-11(19)8(14(17)26)10(18)9(12(13)20)16(28)21-7(3-23)4-24/h5,7,23-24H,3-4H2,1-2H3,(H,21,28)(H,22,27). The van der Waals surface area contributed by atoms with Gasteiger partial charge in [-0.1, -0.05) is 0 Å². The van der Waals surface area contributed by atoms with Crippen LogP contribution in [0.25, 0.3) is 0 Å². The van der Waals surface area contributed by atoms with E-state index in [4.69, 9.17) is 16.3 Å². The molecule has 0 heterocycles. The highest BCUT2D eigenvalue weighted by molar-refractivity contribution is 14.1. The molecule has 1 aromatic carbocycles. The van der Waals surface area contributed by atoms with Gasteiger partial charge in [-0.3, -0.25) is 19.2 Å². The third-order valence-corrected chi connectivity index (χ3v) is 6.90. The molecule has 0 spiro atoms. The van der Waals surface area contributed by atoms with E-state index in [1.807, 2.05) is 45.2 Å². The van der Waals surface area contributed by atoms with Crippen LogP contribution in [0, 0.1) is 10.7 Å². The molecule has 0 saturated heterocycles. The van der Waals surface area contributed by atoms with Crippen LogP contribution < -0.4 is 10.6 Å². The van der Waals surface area contributed by atoms with Crippen molar-refractivity contribution < 1.29 is 34.1 Å². The number of ether oxygens (including phenoxy) is 1. The molecule has 160 valence electrons. The minimum atomic E-state index is -1.11. The number of aliphatic hydroxyl groups is 2. The molecule has 1 atom stereocenters. The quantitative estimate of drug-likeness (QED) is 0.180. The maximum absolute atomic E-state index is 12.7. The Hall–Kier alpha value is -0.300. The van der Waals surface area contributed by atoms with Crippen LogP contribution in [0.3, 0.4) is 0 Å². The molecule has 0 aliphatic carbocycles. The van der Waals surface area contributed by atoms with Crippen LogP contribution in [0.4, 0.5) is 5.69 Å². The maximum atomic E-state index is 12.7. The first-order chi connectivity index (χ1) is 13.5. The lowest BCUT2D eigenvalue weighted by molar-refractivity contribution is -0.150. The number of halogens is 4. The molecule has 29 heavy (non-hydrogen) atoms. The van der Waals surface area contributed by atoms with Crippen LogP contribution in [0.15, 0.2) is 0 Å². The van der Waals surface area contributed by atoms with Gasteiger partial charge >= 0.3 is 5.97 Å². The summed E-state index contributed by atoms with van der Waals surface area (Å²) in [5, 5.41) is 22.6. The third-order valence-electron chi connectivity index (χ3n) is 3.48. The molecular formula is C16H16ClI3N2O7. The fraction of sp³-hybridized carbons (Fsp3) is 0.375. The number of benzene rings is 1. The van der Waals surface area contributed by atoms with Gasteiger partial charge in [0.2, 0.25) is 0 Å². The number of hydrogen-bond donors (Lipinski definition) is 4. The minimum absolute atomic E-state index is 0.0124. The number of nitrogens with one attached hydrogen (secondary N) is 2. The van der Waals surface area contributed by atoms with E-state index in [2.05, 4.69) is 10.6 Å². The zero-order chi connectivity index (χ0) is 22.5. The Balaban J connectivity index is 3.52. The van der Waals surface area contributed by atoms with Gasteiger partial charge in [-0.15, -0.1) is 0 Å². The first-order valence-corrected chi connectivity index (χ1v) is 11.5. The van der Waals surface area contributed by atoms with Crippen LogP contribution in [-0.2, 0) is 14.3 Å². The summed E-state index contributed by atoms with van der Waals surface area (Å²) < 4.78 is 5.69. The third kappa shape index (κ3) is 6.84. The summed E-state index contributed by atoms with van der Waals surface area (Å²) in [5.74, 6) is -1.98. The van der Waals surface area contributed by atoms with Crippen molar-refractivity contribution in [2.45, 2.75) is 26.0 Å². The molecule has 1 unspecified atom stereocenters. The van der Waals surface area contributed by atoms with Crippen molar-refractivity contribution in [2.75, 3.05) is 18.5 Å². The number of anilines is 1. The molecule has 0 aromatic heterocycles. The molecule has 1 aromatic rings. The first kappa shape index (κ1) is 26.7. The number of rotatable bonds is 8. The van der Waals surface area contributed by atoms with E-state index < -0.39 is 48.4 Å². The second-order valence-corrected chi connectivity index (χ2v) is 9.20. The molecule has 4 N–H and O–H groups in total. The number of hydrogen-bond acceptors (Lipinski definition) is 7. The lowest BCUT2D eigenvalue weighted by Crippen LogP contribution is -2.41. The fourth-order valence-electron chi connectivity index (χ4n) is 2.08. The Bertz CT molecular complexity index is 847. The van der Waals surface area contributed by atoms with Crippen molar-refractivity contribution in [3.8, 4) is 0 Å². The highest BCUT2D eigenvalue weighted by atomic mass is 127. The topological polar surface area (TPSA) is 142 Å². The van der Waals surface area contributed by atoms with Crippen molar-refractivity contribution in [3.05, 3.63) is 21.8 Å². The van der Waals surface area contributed by atoms with E-state index >= 15 is 0 Å². The molecule has 0 bridgehead atoms.